The highest BCUT2D eigenvalue weighted by atomic mass is 16.3. The molecule has 0 saturated carbocycles. The van der Waals surface area contributed by atoms with Crippen molar-refractivity contribution < 1.29 is 14.7 Å². The number of piperazine rings is 1. The van der Waals surface area contributed by atoms with Crippen molar-refractivity contribution in [2.24, 2.45) is 0 Å². The van der Waals surface area contributed by atoms with E-state index in [4.69, 9.17) is 0 Å². The van der Waals surface area contributed by atoms with Crippen LogP contribution in [0.5, 0.6) is 0 Å². The maximum Gasteiger partial charge on any atom is 0.260 e. The van der Waals surface area contributed by atoms with E-state index in [1.54, 1.807) is 30.9 Å². The molecule has 1 aromatic heterocycles. The van der Waals surface area contributed by atoms with E-state index in [0.29, 0.717) is 52.0 Å². The Morgan fingerprint density at radius 3 is 2.43 bits per heavy atom. The highest BCUT2D eigenvalue weighted by Crippen LogP contribution is 2.25. The first-order valence-corrected chi connectivity index (χ1v) is 9.97. The first-order valence-electron chi connectivity index (χ1n) is 9.97. The number of amides is 2. The summed E-state index contributed by atoms with van der Waals surface area (Å²) in [6, 6.07) is 3.30. The number of nitrogens with one attached hydrogen (secondary N) is 1. The minimum atomic E-state index is -0.854. The molecule has 2 aliphatic rings. The molecule has 28 heavy (non-hydrogen) atoms. The molecule has 3 heterocycles. The third kappa shape index (κ3) is 4.80. The van der Waals surface area contributed by atoms with Crippen LogP contribution in [0.25, 0.3) is 0 Å². The van der Waals surface area contributed by atoms with Crippen LogP contribution >= 0.6 is 0 Å². The van der Waals surface area contributed by atoms with E-state index in [-0.39, 0.29) is 22.9 Å². The predicted molar refractivity (Wildman–Crippen MR) is 105 cm³/mol. The number of β-amino-alcohol motifs (C(OH)–C–C–N with tert-alkyl or cyclic N) is 1. The average molecular weight is 390 g/mol. The lowest BCUT2D eigenvalue weighted by atomic mass is 9.94. The molecule has 0 radical (unpaired) electrons. The Bertz CT molecular complexity index is 785. The molecule has 3 rings (SSSR count). The molecule has 154 valence electrons. The quantitative estimate of drug-likeness (QED) is 0.769. The lowest BCUT2D eigenvalue weighted by Gasteiger charge is -2.39. The molecule has 2 N–H and O–H groups in total. The van der Waals surface area contributed by atoms with Gasteiger partial charge in [0, 0.05) is 58.4 Å². The van der Waals surface area contributed by atoms with Crippen LogP contribution in [-0.4, -0.2) is 88.0 Å². The largest absolute Gasteiger partial charge is 0.388 e. The topological polar surface area (TPSA) is 96.9 Å². The molecule has 8 nitrogen and oxygen atoms in total. The van der Waals surface area contributed by atoms with Gasteiger partial charge in [0.2, 0.25) is 5.91 Å². The van der Waals surface area contributed by atoms with Crippen molar-refractivity contribution in [3.63, 3.8) is 0 Å². The number of pyridine rings is 1. The number of aryl methyl sites for hydroxylation is 1. The number of aliphatic hydroxyl groups is 1. The van der Waals surface area contributed by atoms with E-state index in [1.807, 2.05) is 4.90 Å². The minimum Gasteiger partial charge on any atom is -0.388 e. The van der Waals surface area contributed by atoms with Crippen LogP contribution in [0, 0.1) is 6.92 Å². The molecule has 0 aromatic carbocycles. The van der Waals surface area contributed by atoms with E-state index in [1.165, 1.54) is 0 Å². The zero-order valence-corrected chi connectivity index (χ0v) is 16.7. The highest BCUT2D eigenvalue weighted by molar-refractivity contribution is 5.93. The van der Waals surface area contributed by atoms with Crippen LogP contribution < -0.4 is 5.56 Å². The summed E-state index contributed by atoms with van der Waals surface area (Å²) in [5.41, 5.74) is -0.353. The van der Waals surface area contributed by atoms with Crippen molar-refractivity contribution in [3.05, 3.63) is 33.7 Å². The summed E-state index contributed by atoms with van der Waals surface area (Å²) in [6.07, 6.45) is 1.79. The molecule has 0 unspecified atom stereocenters. The molecule has 8 heteroatoms. The van der Waals surface area contributed by atoms with Crippen LogP contribution in [0.4, 0.5) is 0 Å². The Balaban J connectivity index is 1.58. The molecule has 0 bridgehead atoms. The molecule has 1 atom stereocenters. The van der Waals surface area contributed by atoms with E-state index < -0.39 is 5.60 Å². The van der Waals surface area contributed by atoms with Gasteiger partial charge in [0.05, 0.1) is 5.60 Å². The molecular weight excluding hydrogens is 360 g/mol. The van der Waals surface area contributed by atoms with Gasteiger partial charge in [-0.2, -0.15) is 0 Å². The maximum atomic E-state index is 12.8. The predicted octanol–water partition coefficient (Wildman–Crippen LogP) is 0.205. The summed E-state index contributed by atoms with van der Waals surface area (Å²) in [5, 5.41) is 11.1. The van der Waals surface area contributed by atoms with Gasteiger partial charge in [0.25, 0.3) is 11.5 Å². The van der Waals surface area contributed by atoms with Crippen molar-refractivity contribution >= 4 is 11.8 Å². The van der Waals surface area contributed by atoms with E-state index >= 15 is 0 Å². The average Bonchev–Trinajstić information content (AvgIpc) is 2.83. The lowest BCUT2D eigenvalue weighted by molar-refractivity contribution is -0.131. The van der Waals surface area contributed by atoms with E-state index in [0.717, 1.165) is 18.8 Å². The number of hydrogen-bond donors (Lipinski definition) is 2. The van der Waals surface area contributed by atoms with Crippen molar-refractivity contribution in [1.82, 2.24) is 19.7 Å². The van der Waals surface area contributed by atoms with Crippen LogP contribution in [0.2, 0.25) is 0 Å². The monoisotopic (exact) mass is 390 g/mol. The summed E-state index contributed by atoms with van der Waals surface area (Å²) in [4.78, 5) is 44.7. The van der Waals surface area contributed by atoms with Gasteiger partial charge in [0.1, 0.15) is 5.56 Å². The fraction of sp³-hybridized carbons (Fsp3) is 0.650. The lowest BCUT2D eigenvalue weighted by Crippen LogP contribution is -2.53. The fourth-order valence-electron chi connectivity index (χ4n) is 4.09. The summed E-state index contributed by atoms with van der Waals surface area (Å²) in [6.45, 7) is 7.75. The molecule has 0 aliphatic carbocycles. The second kappa shape index (κ2) is 8.45. The Hall–Kier alpha value is -2.19. The van der Waals surface area contributed by atoms with Gasteiger partial charge in [-0.15, -0.1) is 0 Å². The van der Waals surface area contributed by atoms with Gasteiger partial charge in [-0.3, -0.25) is 19.3 Å². The Kier molecular flexibility index (Phi) is 6.20. The third-order valence-electron chi connectivity index (χ3n) is 5.83. The summed E-state index contributed by atoms with van der Waals surface area (Å²) in [7, 11) is 0. The Morgan fingerprint density at radius 2 is 1.79 bits per heavy atom. The van der Waals surface area contributed by atoms with Crippen molar-refractivity contribution in [1.29, 1.82) is 0 Å². The van der Waals surface area contributed by atoms with Gasteiger partial charge in [-0.1, -0.05) is 0 Å². The molecule has 2 saturated heterocycles. The number of hydrogen-bond acceptors (Lipinski definition) is 5. The smallest absolute Gasteiger partial charge is 0.260 e. The molecule has 2 aliphatic heterocycles. The first kappa shape index (κ1) is 20.5. The molecular formula is C20H30N4O4. The van der Waals surface area contributed by atoms with Gasteiger partial charge in [-0.25, -0.2) is 0 Å². The summed E-state index contributed by atoms with van der Waals surface area (Å²) < 4.78 is 0. The van der Waals surface area contributed by atoms with Gasteiger partial charge < -0.3 is 19.9 Å². The standard InChI is InChI=1S/C20H30N4O4/c1-15-4-5-17(18(26)21-15)19(27)24-8-3-6-20(28,7-9-24)14-22-10-12-23(13-11-22)16(2)25/h4-5,28H,3,6-14H2,1-2H3,(H,21,26)/t20-/m0/s1. The summed E-state index contributed by atoms with van der Waals surface area (Å²) in [5.74, 6) is -0.186. The minimum absolute atomic E-state index is 0.0908. The number of carbonyl (C=O) groups excluding carboxylic acids is 2. The fourth-order valence-corrected chi connectivity index (χ4v) is 4.09. The number of nitrogens with zero attached hydrogens (tertiary/aromatic N) is 3. The Morgan fingerprint density at radius 1 is 1.07 bits per heavy atom. The van der Waals surface area contributed by atoms with Crippen molar-refractivity contribution in [2.75, 3.05) is 45.8 Å². The first-order chi connectivity index (χ1) is 13.3. The number of carbonyl (C=O) groups is 2. The highest BCUT2D eigenvalue weighted by Gasteiger charge is 2.34. The number of aromatic amines is 1. The maximum absolute atomic E-state index is 12.8. The number of likely N-dealkylation sites (tertiary alicyclic amines) is 1. The summed E-state index contributed by atoms with van der Waals surface area (Å²) >= 11 is 0. The van der Waals surface area contributed by atoms with E-state index in [2.05, 4.69) is 9.88 Å². The van der Waals surface area contributed by atoms with Crippen LogP contribution in [0.15, 0.2) is 16.9 Å². The second-order valence-electron chi connectivity index (χ2n) is 8.04. The molecule has 1 aromatic rings. The molecule has 0 spiro atoms. The normalized spacial score (nSPS) is 24.1. The number of aromatic nitrogens is 1. The SMILES string of the molecule is CC(=O)N1CCN(C[C@]2(O)CCCN(C(=O)c3ccc(C)[nH]c3=O)CC2)CC1. The van der Waals surface area contributed by atoms with Crippen LogP contribution in [0.1, 0.15) is 42.2 Å². The van der Waals surface area contributed by atoms with Crippen LogP contribution in [0.3, 0.4) is 0 Å². The van der Waals surface area contributed by atoms with Crippen molar-refractivity contribution in [3.8, 4) is 0 Å². The van der Waals surface area contributed by atoms with Gasteiger partial charge in [0.15, 0.2) is 0 Å². The molecule has 2 fully saturated rings. The van der Waals surface area contributed by atoms with E-state index in [9.17, 15) is 19.5 Å². The van der Waals surface area contributed by atoms with Crippen molar-refractivity contribution in [2.45, 2.75) is 38.7 Å². The second-order valence-corrected chi connectivity index (χ2v) is 8.04. The third-order valence-corrected chi connectivity index (χ3v) is 5.83. The number of rotatable bonds is 3. The Labute approximate surface area is 165 Å². The van der Waals surface area contributed by atoms with Gasteiger partial charge >= 0.3 is 0 Å². The zero-order valence-electron chi connectivity index (χ0n) is 16.7. The molecule has 2 amide bonds. The van der Waals surface area contributed by atoms with Crippen LogP contribution in [-0.2, 0) is 4.79 Å². The number of H-pyrrole nitrogens is 1. The van der Waals surface area contributed by atoms with Gasteiger partial charge in [-0.05, 0) is 38.3 Å². The zero-order chi connectivity index (χ0) is 20.3.